The van der Waals surface area contributed by atoms with Gasteiger partial charge in [-0.05, 0) is 38.1 Å². The fraction of sp³-hybridized carbons (Fsp3) is 0.238. The van der Waals surface area contributed by atoms with Crippen molar-refractivity contribution in [3.05, 3.63) is 58.6 Å². The van der Waals surface area contributed by atoms with Crippen LogP contribution in [-0.4, -0.2) is 39.5 Å². The first-order valence-corrected chi connectivity index (χ1v) is 10.6. The summed E-state index contributed by atoms with van der Waals surface area (Å²) in [6, 6.07) is 12.6. The summed E-state index contributed by atoms with van der Waals surface area (Å²) in [5, 5.41) is 12.3. The molecule has 0 unspecified atom stereocenters. The lowest BCUT2D eigenvalue weighted by Gasteiger charge is -2.10. The van der Waals surface area contributed by atoms with Crippen LogP contribution in [0, 0.1) is 6.92 Å². The molecule has 0 saturated heterocycles. The summed E-state index contributed by atoms with van der Waals surface area (Å²) in [4.78, 5) is 24.1. The van der Waals surface area contributed by atoms with Gasteiger partial charge in [0.1, 0.15) is 0 Å². The van der Waals surface area contributed by atoms with Gasteiger partial charge in [-0.3, -0.25) is 4.79 Å². The standard InChI is InChI=1S/C21H21ClN4O3S/c1-4-26-19(14-7-5-6-13(2)10-14)24-25-21(26)30-12-18(27)23-17-11-15(20(28)29-3)8-9-16(17)22/h5-11H,4,12H2,1-3H3,(H,23,27). The first-order valence-electron chi connectivity index (χ1n) is 9.23. The first kappa shape index (κ1) is 21.9. The maximum absolute atomic E-state index is 12.4. The van der Waals surface area contributed by atoms with Crippen LogP contribution in [0.4, 0.5) is 5.69 Å². The number of halogens is 1. The predicted octanol–water partition coefficient (Wildman–Crippen LogP) is 4.44. The quantitative estimate of drug-likeness (QED) is 0.428. The van der Waals surface area contributed by atoms with Gasteiger partial charge in [-0.1, -0.05) is 47.1 Å². The molecule has 1 aromatic heterocycles. The lowest BCUT2D eigenvalue weighted by molar-refractivity contribution is -0.113. The number of amides is 1. The smallest absolute Gasteiger partial charge is 0.337 e. The topological polar surface area (TPSA) is 86.1 Å². The molecule has 9 heteroatoms. The van der Waals surface area contributed by atoms with Crippen molar-refractivity contribution in [2.75, 3.05) is 18.2 Å². The molecule has 0 aliphatic rings. The zero-order chi connectivity index (χ0) is 21.7. The SMILES string of the molecule is CCn1c(SCC(=O)Nc2cc(C(=O)OC)ccc2Cl)nnc1-c1cccc(C)c1. The van der Waals surface area contributed by atoms with Crippen LogP contribution < -0.4 is 5.32 Å². The van der Waals surface area contributed by atoms with Gasteiger partial charge in [-0.25, -0.2) is 4.79 Å². The number of ether oxygens (including phenoxy) is 1. The van der Waals surface area contributed by atoms with E-state index in [0.29, 0.717) is 28.0 Å². The molecule has 0 saturated carbocycles. The number of benzene rings is 2. The zero-order valence-electron chi connectivity index (χ0n) is 16.8. The molecule has 0 bridgehead atoms. The minimum absolute atomic E-state index is 0.116. The van der Waals surface area contributed by atoms with E-state index in [0.717, 1.165) is 17.0 Å². The minimum atomic E-state index is -0.503. The van der Waals surface area contributed by atoms with Gasteiger partial charge in [0, 0.05) is 12.1 Å². The third kappa shape index (κ3) is 5.01. The van der Waals surface area contributed by atoms with E-state index in [4.69, 9.17) is 16.3 Å². The number of rotatable bonds is 7. The largest absolute Gasteiger partial charge is 0.465 e. The average molecular weight is 445 g/mol. The number of thioether (sulfide) groups is 1. The summed E-state index contributed by atoms with van der Waals surface area (Å²) in [5.74, 6) is 0.103. The third-order valence-corrected chi connectivity index (χ3v) is 5.60. The van der Waals surface area contributed by atoms with Crippen LogP contribution in [0.1, 0.15) is 22.8 Å². The third-order valence-electron chi connectivity index (χ3n) is 4.30. The van der Waals surface area contributed by atoms with Gasteiger partial charge in [0.2, 0.25) is 5.91 Å². The summed E-state index contributed by atoms with van der Waals surface area (Å²) < 4.78 is 6.67. The molecule has 30 heavy (non-hydrogen) atoms. The van der Waals surface area contributed by atoms with Gasteiger partial charge in [0.15, 0.2) is 11.0 Å². The first-order chi connectivity index (χ1) is 14.4. The number of carbonyl (C=O) groups is 2. The van der Waals surface area contributed by atoms with Gasteiger partial charge in [-0.2, -0.15) is 0 Å². The second-order valence-electron chi connectivity index (χ2n) is 6.44. The number of hydrogen-bond donors (Lipinski definition) is 1. The van der Waals surface area contributed by atoms with Crippen molar-refractivity contribution in [2.45, 2.75) is 25.5 Å². The molecule has 0 fully saturated rings. The number of methoxy groups -OCH3 is 1. The molecule has 3 aromatic rings. The Morgan fingerprint density at radius 3 is 2.70 bits per heavy atom. The summed E-state index contributed by atoms with van der Waals surface area (Å²) in [7, 11) is 1.29. The summed E-state index contributed by atoms with van der Waals surface area (Å²) in [6.45, 7) is 4.70. The maximum atomic E-state index is 12.4. The number of hydrogen-bond acceptors (Lipinski definition) is 6. The maximum Gasteiger partial charge on any atom is 0.337 e. The molecule has 1 amide bonds. The fourth-order valence-corrected chi connectivity index (χ4v) is 3.83. The summed E-state index contributed by atoms with van der Waals surface area (Å²) in [6.07, 6.45) is 0. The monoisotopic (exact) mass is 444 g/mol. The van der Waals surface area contributed by atoms with E-state index in [-0.39, 0.29) is 11.7 Å². The number of nitrogens with zero attached hydrogens (tertiary/aromatic N) is 3. The van der Waals surface area contributed by atoms with Crippen molar-refractivity contribution >= 4 is 40.9 Å². The van der Waals surface area contributed by atoms with E-state index in [1.807, 2.05) is 42.7 Å². The van der Waals surface area contributed by atoms with E-state index in [1.165, 1.54) is 31.0 Å². The van der Waals surface area contributed by atoms with Crippen molar-refractivity contribution in [3.63, 3.8) is 0 Å². The molecular formula is C21H21ClN4O3S. The van der Waals surface area contributed by atoms with Gasteiger partial charge in [0.05, 0.1) is 29.1 Å². The molecular weight excluding hydrogens is 424 g/mol. The van der Waals surface area contributed by atoms with Crippen molar-refractivity contribution in [2.24, 2.45) is 0 Å². The molecule has 1 N–H and O–H groups in total. The molecule has 0 radical (unpaired) electrons. The number of nitrogens with one attached hydrogen (secondary N) is 1. The molecule has 2 aromatic carbocycles. The van der Waals surface area contributed by atoms with Crippen LogP contribution >= 0.6 is 23.4 Å². The Bertz CT molecular complexity index is 1080. The van der Waals surface area contributed by atoms with Crippen LogP contribution in [0.25, 0.3) is 11.4 Å². The van der Waals surface area contributed by atoms with Gasteiger partial charge < -0.3 is 14.6 Å². The normalized spacial score (nSPS) is 10.7. The number of esters is 1. The van der Waals surface area contributed by atoms with Crippen LogP contribution in [0.5, 0.6) is 0 Å². The number of carbonyl (C=O) groups excluding carboxylic acids is 2. The Kier molecular flexibility index (Phi) is 7.12. The fourth-order valence-electron chi connectivity index (χ4n) is 2.86. The minimum Gasteiger partial charge on any atom is -0.465 e. The van der Waals surface area contributed by atoms with Crippen molar-refractivity contribution in [3.8, 4) is 11.4 Å². The highest BCUT2D eigenvalue weighted by atomic mass is 35.5. The van der Waals surface area contributed by atoms with Crippen LogP contribution in [0.15, 0.2) is 47.6 Å². The Balaban J connectivity index is 1.70. The predicted molar refractivity (Wildman–Crippen MR) is 118 cm³/mol. The molecule has 1 heterocycles. The molecule has 156 valence electrons. The number of anilines is 1. The Morgan fingerprint density at radius 1 is 1.20 bits per heavy atom. The molecule has 3 rings (SSSR count). The van der Waals surface area contributed by atoms with Crippen molar-refractivity contribution < 1.29 is 14.3 Å². The number of aryl methyl sites for hydroxylation is 1. The highest BCUT2D eigenvalue weighted by Gasteiger charge is 2.16. The van der Waals surface area contributed by atoms with Gasteiger partial charge in [-0.15, -0.1) is 10.2 Å². The molecule has 7 nitrogen and oxygen atoms in total. The Hall–Kier alpha value is -2.84. The number of aromatic nitrogens is 3. The van der Waals surface area contributed by atoms with E-state index >= 15 is 0 Å². The summed E-state index contributed by atoms with van der Waals surface area (Å²) >= 11 is 7.42. The van der Waals surface area contributed by atoms with E-state index in [1.54, 1.807) is 6.07 Å². The molecule has 0 aliphatic heterocycles. The molecule has 0 spiro atoms. The second-order valence-corrected chi connectivity index (χ2v) is 7.79. The molecule has 0 atom stereocenters. The van der Waals surface area contributed by atoms with E-state index < -0.39 is 5.97 Å². The lowest BCUT2D eigenvalue weighted by atomic mass is 10.1. The second kappa shape index (κ2) is 9.77. The molecule has 0 aliphatic carbocycles. The van der Waals surface area contributed by atoms with Crippen LogP contribution in [0.2, 0.25) is 5.02 Å². The highest BCUT2D eigenvalue weighted by Crippen LogP contribution is 2.26. The van der Waals surface area contributed by atoms with Crippen molar-refractivity contribution in [1.82, 2.24) is 14.8 Å². The van der Waals surface area contributed by atoms with E-state index in [9.17, 15) is 9.59 Å². The van der Waals surface area contributed by atoms with Crippen LogP contribution in [-0.2, 0) is 16.1 Å². The van der Waals surface area contributed by atoms with Crippen LogP contribution in [0.3, 0.4) is 0 Å². The van der Waals surface area contributed by atoms with Gasteiger partial charge in [0.25, 0.3) is 0 Å². The average Bonchev–Trinajstić information content (AvgIpc) is 3.16. The zero-order valence-corrected chi connectivity index (χ0v) is 18.4. The highest BCUT2D eigenvalue weighted by molar-refractivity contribution is 7.99. The lowest BCUT2D eigenvalue weighted by Crippen LogP contribution is -2.15. The van der Waals surface area contributed by atoms with E-state index in [2.05, 4.69) is 15.5 Å². The summed E-state index contributed by atoms with van der Waals surface area (Å²) in [5.41, 5.74) is 2.77. The Labute approximate surface area is 183 Å². The van der Waals surface area contributed by atoms with Crippen molar-refractivity contribution in [1.29, 1.82) is 0 Å². The Morgan fingerprint density at radius 2 is 2.00 bits per heavy atom. The van der Waals surface area contributed by atoms with Gasteiger partial charge >= 0.3 is 5.97 Å².